The number of aromatic nitrogens is 1. The van der Waals surface area contributed by atoms with Crippen molar-refractivity contribution in [1.29, 1.82) is 0 Å². The first-order valence-corrected chi connectivity index (χ1v) is 15.8. The van der Waals surface area contributed by atoms with Gasteiger partial charge < -0.3 is 19.5 Å². The van der Waals surface area contributed by atoms with Crippen LogP contribution in [0.3, 0.4) is 0 Å². The summed E-state index contributed by atoms with van der Waals surface area (Å²) in [6, 6.07) is 8.32. The van der Waals surface area contributed by atoms with Gasteiger partial charge in [0.15, 0.2) is 26.5 Å². The van der Waals surface area contributed by atoms with Crippen LogP contribution < -0.4 is 15.0 Å². The summed E-state index contributed by atoms with van der Waals surface area (Å²) in [5.74, 6) is -4.10. The van der Waals surface area contributed by atoms with Crippen LogP contribution in [0.25, 0.3) is 0 Å². The normalized spacial score (nSPS) is 17.5. The molecule has 2 aromatic carbocycles. The van der Waals surface area contributed by atoms with E-state index in [1.54, 1.807) is 6.20 Å². The van der Waals surface area contributed by atoms with Gasteiger partial charge in [-0.2, -0.15) is 0 Å². The highest BCUT2D eigenvalue weighted by atomic mass is 32.2. The van der Waals surface area contributed by atoms with Gasteiger partial charge in [-0.3, -0.25) is 14.9 Å². The number of piperidine rings is 1. The summed E-state index contributed by atoms with van der Waals surface area (Å²) in [4.78, 5) is 31.0. The van der Waals surface area contributed by atoms with Crippen molar-refractivity contribution in [2.24, 2.45) is 5.92 Å². The summed E-state index contributed by atoms with van der Waals surface area (Å²) in [6.45, 7) is 1.79. The van der Waals surface area contributed by atoms with Gasteiger partial charge in [-0.25, -0.2) is 22.2 Å². The standard InChI is InChI=1S/C28H29F2N3O7S2/c29-19-3-6-23(22(30)15-19)40-25(17-1-4-20(5-2-17)42(37,38)21-9-13-39-14-10-21)26(34)32-28-31-16-24(41-28)33-11-7-18(8-12-33)27(35)36/h1-6,15-16,18,21,25H,7-14H2,(H,35,36)(H,31,32,34). The zero-order valence-electron chi connectivity index (χ0n) is 22.4. The quantitative estimate of drug-likeness (QED) is 0.356. The average Bonchev–Trinajstić information content (AvgIpc) is 3.45. The number of hydrogen-bond donors (Lipinski definition) is 2. The first kappa shape index (κ1) is 29.9. The van der Waals surface area contributed by atoms with Crippen molar-refractivity contribution < 1.29 is 41.4 Å². The summed E-state index contributed by atoms with van der Waals surface area (Å²) in [5, 5.41) is 12.3. The minimum atomic E-state index is -3.63. The lowest BCUT2D eigenvalue weighted by atomic mass is 9.97. The summed E-state index contributed by atoms with van der Waals surface area (Å²) < 4.78 is 65.2. The van der Waals surface area contributed by atoms with Gasteiger partial charge in [-0.1, -0.05) is 23.5 Å². The molecule has 2 fully saturated rings. The van der Waals surface area contributed by atoms with Gasteiger partial charge in [0.05, 0.1) is 22.3 Å². The Kier molecular flexibility index (Phi) is 9.04. The monoisotopic (exact) mass is 621 g/mol. The van der Waals surface area contributed by atoms with Gasteiger partial charge in [0.25, 0.3) is 5.91 Å². The van der Waals surface area contributed by atoms with E-state index in [0.717, 1.165) is 17.1 Å². The molecule has 0 aliphatic carbocycles. The first-order valence-electron chi connectivity index (χ1n) is 13.4. The molecule has 2 aliphatic rings. The summed E-state index contributed by atoms with van der Waals surface area (Å²) in [5.41, 5.74) is 0.245. The molecule has 1 atom stereocenters. The van der Waals surface area contributed by atoms with Crippen molar-refractivity contribution in [3.63, 3.8) is 0 Å². The molecule has 0 spiro atoms. The molecule has 3 aromatic rings. The Bertz CT molecular complexity index is 1540. The fourth-order valence-electron chi connectivity index (χ4n) is 4.97. The maximum Gasteiger partial charge on any atom is 0.306 e. The molecular formula is C28H29F2N3O7S2. The minimum Gasteiger partial charge on any atom is -0.481 e. The van der Waals surface area contributed by atoms with Crippen LogP contribution in [0.4, 0.5) is 18.9 Å². The van der Waals surface area contributed by atoms with E-state index in [4.69, 9.17) is 9.47 Å². The highest BCUT2D eigenvalue weighted by Crippen LogP contribution is 2.33. The average molecular weight is 622 g/mol. The second kappa shape index (κ2) is 12.7. The lowest BCUT2D eigenvalue weighted by molar-refractivity contribution is -0.142. The van der Waals surface area contributed by atoms with Crippen molar-refractivity contribution in [3.8, 4) is 5.75 Å². The van der Waals surface area contributed by atoms with Gasteiger partial charge in [-0.15, -0.1) is 0 Å². The number of rotatable bonds is 9. The van der Waals surface area contributed by atoms with Gasteiger partial charge in [0.1, 0.15) is 10.8 Å². The van der Waals surface area contributed by atoms with E-state index in [1.807, 2.05) is 4.90 Å². The third-order valence-electron chi connectivity index (χ3n) is 7.37. The Morgan fingerprint density at radius 3 is 2.40 bits per heavy atom. The predicted octanol–water partition coefficient (Wildman–Crippen LogP) is 4.43. The molecule has 10 nitrogen and oxygen atoms in total. The van der Waals surface area contributed by atoms with Gasteiger partial charge in [0.2, 0.25) is 6.10 Å². The van der Waals surface area contributed by atoms with Gasteiger partial charge >= 0.3 is 5.97 Å². The van der Waals surface area contributed by atoms with E-state index < -0.39 is 50.6 Å². The van der Waals surface area contributed by atoms with Gasteiger partial charge in [-0.05, 0) is 49.9 Å². The molecule has 5 rings (SSSR count). The van der Waals surface area contributed by atoms with E-state index in [-0.39, 0.29) is 21.3 Å². The molecule has 0 bridgehead atoms. The van der Waals surface area contributed by atoms with Crippen molar-refractivity contribution in [3.05, 3.63) is 65.9 Å². The number of thiazole rings is 1. The number of sulfone groups is 1. The van der Waals surface area contributed by atoms with Crippen LogP contribution in [0.15, 0.2) is 53.6 Å². The highest BCUT2D eigenvalue weighted by Gasteiger charge is 2.31. The Labute approximate surface area is 245 Å². The Morgan fingerprint density at radius 1 is 1.07 bits per heavy atom. The molecule has 1 unspecified atom stereocenters. The topological polar surface area (TPSA) is 135 Å². The number of aliphatic carboxylic acids is 1. The number of carbonyl (C=O) groups is 2. The molecule has 2 N–H and O–H groups in total. The van der Waals surface area contributed by atoms with Crippen LogP contribution in [0.1, 0.15) is 37.4 Å². The SMILES string of the molecule is O=C(O)C1CCN(c2cnc(NC(=O)C(Oc3ccc(F)cc3F)c3ccc(S(=O)(=O)C4CCOCC4)cc3)s2)CC1. The van der Waals surface area contributed by atoms with E-state index in [2.05, 4.69) is 10.3 Å². The molecule has 2 aliphatic heterocycles. The zero-order chi connectivity index (χ0) is 29.9. The van der Waals surface area contributed by atoms with Crippen molar-refractivity contribution in [2.45, 2.75) is 41.9 Å². The number of amides is 1. The van der Waals surface area contributed by atoms with Crippen LogP contribution in [-0.2, 0) is 24.2 Å². The van der Waals surface area contributed by atoms with E-state index >= 15 is 0 Å². The van der Waals surface area contributed by atoms with E-state index in [1.165, 1.54) is 35.6 Å². The number of carboxylic acids is 1. The maximum absolute atomic E-state index is 14.5. The minimum absolute atomic E-state index is 0.0847. The lowest BCUT2D eigenvalue weighted by Crippen LogP contribution is -2.35. The number of benzene rings is 2. The number of halogens is 2. The fraction of sp³-hybridized carbons (Fsp3) is 0.393. The number of carboxylic acid groups (broad SMARTS) is 1. The third-order valence-corrected chi connectivity index (χ3v) is 10.6. The molecule has 14 heteroatoms. The van der Waals surface area contributed by atoms with Crippen molar-refractivity contribution >= 4 is 43.2 Å². The Balaban J connectivity index is 1.35. The number of nitrogens with zero attached hydrogens (tertiary/aromatic N) is 2. The van der Waals surface area contributed by atoms with E-state index in [0.29, 0.717) is 58.1 Å². The lowest BCUT2D eigenvalue weighted by Gasteiger charge is -2.30. The largest absolute Gasteiger partial charge is 0.481 e. The number of ether oxygens (including phenoxy) is 2. The molecule has 0 radical (unpaired) electrons. The summed E-state index contributed by atoms with van der Waals surface area (Å²) in [6.07, 6.45) is 1.91. The number of carbonyl (C=O) groups excluding carboxylic acids is 1. The maximum atomic E-state index is 14.5. The third kappa shape index (κ3) is 6.71. The molecule has 1 amide bonds. The predicted molar refractivity (Wildman–Crippen MR) is 151 cm³/mol. The molecular weight excluding hydrogens is 592 g/mol. The fourth-order valence-corrected chi connectivity index (χ4v) is 7.55. The molecule has 42 heavy (non-hydrogen) atoms. The van der Waals surface area contributed by atoms with Gasteiger partial charge in [0, 0.05) is 37.9 Å². The zero-order valence-corrected chi connectivity index (χ0v) is 24.0. The molecule has 1 aromatic heterocycles. The molecule has 3 heterocycles. The first-order chi connectivity index (χ1) is 20.1. The Hall–Kier alpha value is -3.62. The second-order valence-corrected chi connectivity index (χ2v) is 13.3. The van der Waals surface area contributed by atoms with Crippen molar-refractivity contribution in [2.75, 3.05) is 36.5 Å². The summed E-state index contributed by atoms with van der Waals surface area (Å²) in [7, 11) is -3.63. The summed E-state index contributed by atoms with van der Waals surface area (Å²) >= 11 is 1.19. The highest BCUT2D eigenvalue weighted by molar-refractivity contribution is 7.92. The Morgan fingerprint density at radius 2 is 1.76 bits per heavy atom. The van der Waals surface area contributed by atoms with Crippen LogP contribution in [0, 0.1) is 17.6 Å². The van der Waals surface area contributed by atoms with Crippen LogP contribution in [0.2, 0.25) is 0 Å². The number of hydrogen-bond acceptors (Lipinski definition) is 9. The van der Waals surface area contributed by atoms with Crippen molar-refractivity contribution in [1.82, 2.24) is 4.98 Å². The smallest absolute Gasteiger partial charge is 0.306 e. The number of anilines is 2. The second-order valence-electron chi connectivity index (χ2n) is 10.1. The molecule has 224 valence electrons. The van der Waals surface area contributed by atoms with E-state index in [9.17, 15) is 31.9 Å². The number of nitrogens with one attached hydrogen (secondary N) is 1. The van der Waals surface area contributed by atoms with Crippen LogP contribution in [0.5, 0.6) is 5.75 Å². The molecule has 2 saturated heterocycles. The molecule has 0 saturated carbocycles. The van der Waals surface area contributed by atoms with Crippen LogP contribution >= 0.6 is 11.3 Å². The van der Waals surface area contributed by atoms with Crippen LogP contribution in [-0.4, -0.2) is 61.9 Å².